The second-order valence-corrected chi connectivity index (χ2v) is 14.1. The number of fused-ring (bicyclic) bond motifs is 1. The van der Waals surface area contributed by atoms with Crippen molar-refractivity contribution in [3.05, 3.63) is 27.6 Å². The number of nitrogens with zero attached hydrogens (tertiary/aromatic N) is 6. The fraction of sp³-hybridized carbons (Fsp3) is 0.615. The van der Waals surface area contributed by atoms with Gasteiger partial charge in [-0.2, -0.15) is 4.72 Å². The van der Waals surface area contributed by atoms with Gasteiger partial charge < -0.3 is 19.3 Å². The van der Waals surface area contributed by atoms with Gasteiger partial charge in [0.05, 0.1) is 34.8 Å². The number of anilines is 1. The van der Waals surface area contributed by atoms with Crippen LogP contribution in [0.2, 0.25) is 0 Å². The average Bonchev–Trinajstić information content (AvgIpc) is 3.53. The number of alkyl halides is 3. The van der Waals surface area contributed by atoms with Gasteiger partial charge in [-0.15, -0.1) is 10.2 Å². The van der Waals surface area contributed by atoms with E-state index in [-0.39, 0.29) is 47.3 Å². The Morgan fingerprint density at radius 1 is 1.25 bits per heavy atom. The number of benzene rings is 1. The van der Waals surface area contributed by atoms with Gasteiger partial charge in [-0.25, -0.2) is 31.0 Å². The number of hydrogen-bond acceptors (Lipinski definition) is 10. The van der Waals surface area contributed by atoms with Gasteiger partial charge in [0, 0.05) is 39.3 Å². The molecule has 0 spiro atoms. The Morgan fingerprint density at radius 3 is 2.50 bits per heavy atom. The van der Waals surface area contributed by atoms with Crippen molar-refractivity contribution in [3.8, 4) is 5.13 Å². The highest BCUT2D eigenvalue weighted by molar-refractivity contribution is 7.89. The van der Waals surface area contributed by atoms with Crippen LogP contribution in [0.4, 0.5) is 18.9 Å². The maximum Gasteiger partial charge on any atom is 0.335 e. The molecule has 1 aromatic carbocycles. The molecule has 1 saturated carbocycles. The largest absolute Gasteiger partial charge is 0.377 e. The molecule has 1 atom stereocenters. The molecule has 240 valence electrons. The fourth-order valence-corrected chi connectivity index (χ4v) is 7.94. The van der Waals surface area contributed by atoms with Gasteiger partial charge in [0.1, 0.15) is 17.8 Å². The molecule has 1 amide bonds. The van der Waals surface area contributed by atoms with Crippen molar-refractivity contribution in [3.63, 3.8) is 0 Å². The Balaban J connectivity index is 1.49. The Kier molecular flexibility index (Phi) is 7.79. The number of amides is 1. The summed E-state index contributed by atoms with van der Waals surface area (Å²) in [6, 6.07) is 2.38. The summed E-state index contributed by atoms with van der Waals surface area (Å²) in [7, 11) is -2.85. The number of ether oxygens (including phenoxy) is 2. The van der Waals surface area contributed by atoms with Crippen LogP contribution >= 0.6 is 11.3 Å². The Bertz CT molecular complexity index is 1760. The molecule has 13 nitrogen and oxygen atoms in total. The first-order valence-corrected chi connectivity index (χ1v) is 16.4. The summed E-state index contributed by atoms with van der Waals surface area (Å²) in [6.07, 6.45) is -1.63. The molecular weight excluding hydrogens is 627 g/mol. The second-order valence-electron chi connectivity index (χ2n) is 11.4. The number of nitrogens with one attached hydrogen (secondary N) is 1. The van der Waals surface area contributed by atoms with Crippen LogP contribution < -0.4 is 15.3 Å². The molecule has 3 fully saturated rings. The van der Waals surface area contributed by atoms with E-state index in [0.29, 0.717) is 55.0 Å². The number of methoxy groups -OCH3 is 1. The lowest BCUT2D eigenvalue weighted by Crippen LogP contribution is -2.63. The van der Waals surface area contributed by atoms with E-state index in [1.165, 1.54) is 23.8 Å². The van der Waals surface area contributed by atoms with E-state index in [9.17, 15) is 31.2 Å². The van der Waals surface area contributed by atoms with Crippen molar-refractivity contribution < 1.29 is 35.9 Å². The number of aryl methyl sites for hydroxylation is 1. The van der Waals surface area contributed by atoms with Gasteiger partial charge in [-0.3, -0.25) is 9.36 Å². The van der Waals surface area contributed by atoms with Gasteiger partial charge in [0.25, 0.3) is 12.3 Å². The molecule has 0 unspecified atom stereocenters. The van der Waals surface area contributed by atoms with Crippen LogP contribution in [0, 0.1) is 0 Å². The average molecular weight is 660 g/mol. The fourth-order valence-electron chi connectivity index (χ4n) is 5.84. The summed E-state index contributed by atoms with van der Waals surface area (Å²) in [5.74, 6) is -0.0974. The van der Waals surface area contributed by atoms with Gasteiger partial charge in [0.15, 0.2) is 5.01 Å². The van der Waals surface area contributed by atoms with Gasteiger partial charge >= 0.3 is 5.69 Å². The number of carbonyl (C=O) groups excluding carboxylic acids is 1. The van der Waals surface area contributed by atoms with Crippen LogP contribution in [0.15, 0.2) is 21.8 Å². The summed E-state index contributed by atoms with van der Waals surface area (Å²) >= 11 is 0.519. The molecule has 44 heavy (non-hydrogen) atoms. The standard InChI is InChI=1S/C26H32F3N7O6S2/c1-4-34-19-17(33-7-8-35(15(2)11-33)22(37)26(41-3)5-6-26)9-16(44(39,40)32-25(12-27)13-42-14-25)10-18(19)36(24(34)38)23-31-30-21(43-23)20(28)29/h9-10,15,20,32H,4-8,11-14H2,1-3H3/t15-/m0/s1. The summed E-state index contributed by atoms with van der Waals surface area (Å²) in [5.41, 5.74) is -2.00. The van der Waals surface area contributed by atoms with E-state index in [0.717, 1.165) is 4.57 Å². The lowest BCUT2D eigenvalue weighted by Gasteiger charge is -2.42. The number of aromatic nitrogens is 4. The molecule has 0 bridgehead atoms. The SMILES string of the molecule is CCn1c(=O)n(-c2nnc(C(F)F)s2)c2cc(S(=O)(=O)NC3(CF)COC3)cc(N3CCN(C(=O)C4(OC)CC4)[C@@H](C)C3)c21. The molecule has 2 aliphatic heterocycles. The van der Waals surface area contributed by atoms with Crippen LogP contribution in [-0.2, 0) is 30.8 Å². The molecule has 2 aromatic heterocycles. The van der Waals surface area contributed by atoms with Crippen molar-refractivity contribution in [1.29, 1.82) is 0 Å². The topological polar surface area (TPSA) is 141 Å². The minimum atomic E-state index is -4.37. The van der Waals surface area contributed by atoms with Crippen LogP contribution in [0.5, 0.6) is 0 Å². The number of carbonyl (C=O) groups is 1. The van der Waals surface area contributed by atoms with Gasteiger partial charge in [-0.05, 0) is 38.8 Å². The summed E-state index contributed by atoms with van der Waals surface area (Å²) < 4.78 is 83.6. The maximum absolute atomic E-state index is 13.9. The number of halogens is 3. The van der Waals surface area contributed by atoms with Gasteiger partial charge in [0.2, 0.25) is 15.2 Å². The van der Waals surface area contributed by atoms with Crippen molar-refractivity contribution in [1.82, 2.24) is 29.0 Å². The molecular formula is C26H32F3N7O6S2. The third-order valence-corrected chi connectivity index (χ3v) is 11.0. The number of piperazine rings is 1. The van der Waals surface area contributed by atoms with Crippen molar-refractivity contribution >= 4 is 44.0 Å². The smallest absolute Gasteiger partial charge is 0.335 e. The van der Waals surface area contributed by atoms with E-state index in [2.05, 4.69) is 14.9 Å². The van der Waals surface area contributed by atoms with Crippen molar-refractivity contribution in [2.24, 2.45) is 0 Å². The number of sulfonamides is 1. The van der Waals surface area contributed by atoms with Crippen molar-refractivity contribution in [2.75, 3.05) is 51.5 Å². The molecule has 0 radical (unpaired) electrons. The Hall–Kier alpha value is -3.06. The predicted molar refractivity (Wildman–Crippen MR) is 154 cm³/mol. The molecule has 3 aromatic rings. The van der Waals surface area contributed by atoms with Crippen LogP contribution in [0.1, 0.15) is 38.1 Å². The monoisotopic (exact) mass is 659 g/mol. The Labute approximate surface area is 254 Å². The zero-order chi connectivity index (χ0) is 31.6. The highest BCUT2D eigenvalue weighted by Crippen LogP contribution is 2.42. The third-order valence-electron chi connectivity index (χ3n) is 8.49. The second kappa shape index (κ2) is 11.1. The minimum absolute atomic E-state index is 0.0974. The first-order chi connectivity index (χ1) is 20.9. The number of imidazole rings is 1. The van der Waals surface area contributed by atoms with E-state index in [1.807, 2.05) is 11.8 Å². The first-order valence-electron chi connectivity index (χ1n) is 14.1. The lowest BCUT2D eigenvalue weighted by molar-refractivity contribution is -0.147. The quantitative estimate of drug-likeness (QED) is 0.345. The zero-order valence-electron chi connectivity index (χ0n) is 24.3. The van der Waals surface area contributed by atoms with E-state index in [4.69, 9.17) is 9.47 Å². The Morgan fingerprint density at radius 2 is 1.98 bits per heavy atom. The number of hydrogen-bond donors (Lipinski definition) is 1. The van der Waals surface area contributed by atoms with Crippen LogP contribution in [0.25, 0.3) is 16.2 Å². The molecule has 6 rings (SSSR count). The first kappa shape index (κ1) is 30.9. The predicted octanol–water partition coefficient (Wildman–Crippen LogP) is 1.83. The summed E-state index contributed by atoms with van der Waals surface area (Å²) in [5, 5.41) is 6.57. The van der Waals surface area contributed by atoms with Crippen LogP contribution in [-0.4, -0.2) is 102 Å². The molecule has 2 saturated heterocycles. The van der Waals surface area contributed by atoms with E-state index < -0.39 is 45.0 Å². The normalized spacial score (nSPS) is 21.2. The minimum Gasteiger partial charge on any atom is -0.377 e. The maximum atomic E-state index is 13.9. The highest BCUT2D eigenvalue weighted by Gasteiger charge is 2.53. The van der Waals surface area contributed by atoms with Gasteiger partial charge in [-0.1, -0.05) is 11.3 Å². The zero-order valence-corrected chi connectivity index (χ0v) is 25.9. The molecule has 4 heterocycles. The van der Waals surface area contributed by atoms with E-state index >= 15 is 0 Å². The number of rotatable bonds is 10. The summed E-state index contributed by atoms with van der Waals surface area (Å²) in [4.78, 5) is 30.4. The highest BCUT2D eigenvalue weighted by atomic mass is 32.2. The van der Waals surface area contributed by atoms with E-state index in [1.54, 1.807) is 11.8 Å². The van der Waals surface area contributed by atoms with Crippen LogP contribution in [0.3, 0.4) is 0 Å². The molecule has 18 heteroatoms. The lowest BCUT2D eigenvalue weighted by atomic mass is 10.0. The molecule has 1 aliphatic carbocycles. The third kappa shape index (κ3) is 4.99. The van der Waals surface area contributed by atoms with Crippen molar-refractivity contribution in [2.45, 2.75) is 61.7 Å². The summed E-state index contributed by atoms with van der Waals surface area (Å²) in [6.45, 7) is 3.42. The molecule has 1 N–H and O–H groups in total. The molecule has 3 aliphatic rings.